The van der Waals surface area contributed by atoms with Crippen molar-refractivity contribution in [2.24, 2.45) is 0 Å². The molecule has 0 aliphatic carbocycles. The molecule has 0 saturated carbocycles. The molecule has 0 bridgehead atoms. The van der Waals surface area contributed by atoms with Crippen LogP contribution in [0, 0.1) is 0 Å². The zero-order chi connectivity index (χ0) is 12.8. The van der Waals surface area contributed by atoms with Gasteiger partial charge in [-0.15, -0.1) is 0 Å². The van der Waals surface area contributed by atoms with Crippen LogP contribution in [0.1, 0.15) is 32.4 Å². The van der Waals surface area contributed by atoms with Gasteiger partial charge in [-0.25, -0.2) is 0 Å². The van der Waals surface area contributed by atoms with Crippen LogP contribution in [0.25, 0.3) is 10.8 Å². The average molecular weight is 229 g/mol. The van der Waals surface area contributed by atoms with Gasteiger partial charge in [0.05, 0.1) is 0 Å². The Bertz CT molecular complexity index is 460. The van der Waals surface area contributed by atoms with E-state index in [-0.39, 0.29) is 0 Å². The van der Waals surface area contributed by atoms with E-state index in [1.165, 1.54) is 16.3 Å². The van der Waals surface area contributed by atoms with E-state index in [9.17, 15) is 0 Å². The highest BCUT2D eigenvalue weighted by molar-refractivity contribution is 5.83. The second kappa shape index (κ2) is 6.41. The van der Waals surface area contributed by atoms with E-state index >= 15 is 0 Å². The lowest BCUT2D eigenvalue weighted by atomic mass is 10.0. The summed E-state index contributed by atoms with van der Waals surface area (Å²) in [7, 11) is 4.22. The molecule has 17 heavy (non-hydrogen) atoms. The van der Waals surface area contributed by atoms with Gasteiger partial charge in [-0.3, -0.25) is 0 Å². The summed E-state index contributed by atoms with van der Waals surface area (Å²) >= 11 is 0. The number of hydrogen-bond acceptors (Lipinski definition) is 1. The maximum atomic E-state index is 2.28. The van der Waals surface area contributed by atoms with Crippen molar-refractivity contribution in [3.05, 3.63) is 48.0 Å². The summed E-state index contributed by atoms with van der Waals surface area (Å²) in [6.07, 6.45) is 0. The largest absolute Gasteiger partial charge is 0.303 e. The molecule has 0 amide bonds. The molecule has 1 heteroatoms. The van der Waals surface area contributed by atoms with Gasteiger partial charge in [-0.1, -0.05) is 50.2 Å². The lowest BCUT2D eigenvalue weighted by molar-refractivity contribution is 0.321. The fraction of sp³-hybridized carbons (Fsp3) is 0.375. The van der Waals surface area contributed by atoms with Crippen molar-refractivity contribution in [3.63, 3.8) is 0 Å². The quantitative estimate of drug-likeness (QED) is 0.733. The van der Waals surface area contributed by atoms with Crippen LogP contribution in [-0.4, -0.2) is 19.0 Å². The highest BCUT2D eigenvalue weighted by Gasteiger charge is 2.07. The Morgan fingerprint density at radius 1 is 0.882 bits per heavy atom. The molecule has 0 aliphatic heterocycles. The second-order valence-corrected chi connectivity index (χ2v) is 4.25. The predicted octanol–water partition coefficient (Wildman–Crippen LogP) is 4.49. The van der Waals surface area contributed by atoms with E-state index in [1.807, 2.05) is 13.8 Å². The van der Waals surface area contributed by atoms with Crippen LogP contribution in [0.4, 0.5) is 0 Å². The molecular weight excluding hydrogens is 206 g/mol. The van der Waals surface area contributed by atoms with E-state index in [0.717, 1.165) is 0 Å². The molecule has 0 saturated heterocycles. The van der Waals surface area contributed by atoms with Gasteiger partial charge in [-0.05, 0) is 43.4 Å². The van der Waals surface area contributed by atoms with Crippen molar-refractivity contribution in [1.29, 1.82) is 0 Å². The van der Waals surface area contributed by atoms with E-state index in [2.05, 4.69) is 68.4 Å². The van der Waals surface area contributed by atoms with E-state index in [4.69, 9.17) is 0 Å². The first kappa shape index (κ1) is 13.7. The molecule has 2 rings (SSSR count). The lowest BCUT2D eigenvalue weighted by Crippen LogP contribution is -2.16. The molecule has 0 aliphatic rings. The highest BCUT2D eigenvalue weighted by Crippen LogP contribution is 2.22. The number of fused-ring (bicyclic) bond motifs is 1. The number of benzene rings is 2. The minimum atomic E-state index is 0.467. The number of nitrogens with zero attached hydrogens (tertiary/aromatic N) is 1. The summed E-state index contributed by atoms with van der Waals surface area (Å²) in [5.41, 5.74) is 1.37. The molecule has 0 heterocycles. The van der Waals surface area contributed by atoms with Gasteiger partial charge in [0.25, 0.3) is 0 Å². The van der Waals surface area contributed by atoms with Gasteiger partial charge in [0.1, 0.15) is 0 Å². The monoisotopic (exact) mass is 229 g/mol. The van der Waals surface area contributed by atoms with Crippen molar-refractivity contribution in [2.75, 3.05) is 14.1 Å². The zero-order valence-corrected chi connectivity index (χ0v) is 11.6. The van der Waals surface area contributed by atoms with E-state index < -0.39 is 0 Å². The van der Waals surface area contributed by atoms with Crippen LogP contribution < -0.4 is 0 Å². The smallest absolute Gasteiger partial charge is 0.0314 e. The Kier molecular flexibility index (Phi) is 5.17. The maximum Gasteiger partial charge on any atom is 0.0314 e. The summed E-state index contributed by atoms with van der Waals surface area (Å²) in [4.78, 5) is 2.23. The van der Waals surface area contributed by atoms with Crippen LogP contribution in [0.3, 0.4) is 0 Å². The number of rotatable bonds is 2. The molecule has 0 radical (unpaired) electrons. The van der Waals surface area contributed by atoms with Gasteiger partial charge in [0.2, 0.25) is 0 Å². The average Bonchev–Trinajstić information content (AvgIpc) is 2.39. The number of hydrogen-bond donors (Lipinski definition) is 0. The van der Waals surface area contributed by atoms with Gasteiger partial charge in [0, 0.05) is 6.04 Å². The zero-order valence-electron chi connectivity index (χ0n) is 11.6. The molecule has 1 atom stereocenters. The van der Waals surface area contributed by atoms with Gasteiger partial charge >= 0.3 is 0 Å². The van der Waals surface area contributed by atoms with Crippen LogP contribution in [0.5, 0.6) is 0 Å². The predicted molar refractivity (Wildman–Crippen MR) is 77.4 cm³/mol. The van der Waals surface area contributed by atoms with Crippen molar-refractivity contribution in [1.82, 2.24) is 4.90 Å². The Labute approximate surface area is 105 Å². The summed E-state index contributed by atoms with van der Waals surface area (Å²) < 4.78 is 0. The summed E-state index contributed by atoms with van der Waals surface area (Å²) in [5, 5.41) is 2.64. The van der Waals surface area contributed by atoms with Crippen LogP contribution in [-0.2, 0) is 0 Å². The highest BCUT2D eigenvalue weighted by atomic mass is 15.1. The molecule has 0 aromatic heterocycles. The first-order valence-electron chi connectivity index (χ1n) is 6.33. The third-order valence-electron chi connectivity index (χ3n) is 3.03. The molecule has 1 unspecified atom stereocenters. The van der Waals surface area contributed by atoms with Gasteiger partial charge in [0.15, 0.2) is 0 Å². The molecular formula is C16H23N. The molecule has 2 aromatic rings. The van der Waals surface area contributed by atoms with Gasteiger partial charge < -0.3 is 4.90 Å². The van der Waals surface area contributed by atoms with Crippen molar-refractivity contribution >= 4 is 10.8 Å². The third-order valence-corrected chi connectivity index (χ3v) is 3.03. The minimum absolute atomic E-state index is 0.467. The van der Waals surface area contributed by atoms with Crippen molar-refractivity contribution in [3.8, 4) is 0 Å². The van der Waals surface area contributed by atoms with Crippen LogP contribution in [0.2, 0.25) is 0 Å². The summed E-state index contributed by atoms with van der Waals surface area (Å²) in [6, 6.07) is 15.6. The third kappa shape index (κ3) is 3.31. The topological polar surface area (TPSA) is 3.24 Å². The van der Waals surface area contributed by atoms with E-state index in [0.29, 0.717) is 6.04 Å². The maximum absolute atomic E-state index is 2.28. The Morgan fingerprint density at radius 2 is 1.47 bits per heavy atom. The standard InChI is InChI=1S/C14H17N.C2H6/c1-11(15(2)3)13-9-8-12-6-4-5-7-14(12)10-13;1-2/h4-11H,1-3H3;1-2H3. The summed E-state index contributed by atoms with van der Waals surface area (Å²) in [5.74, 6) is 0. The first-order chi connectivity index (χ1) is 8.18. The molecule has 0 spiro atoms. The van der Waals surface area contributed by atoms with E-state index in [1.54, 1.807) is 0 Å². The molecule has 2 aromatic carbocycles. The normalized spacial score (nSPS) is 12.1. The SMILES string of the molecule is CC.CC(c1ccc2ccccc2c1)N(C)C. The lowest BCUT2D eigenvalue weighted by Gasteiger charge is -2.20. The van der Waals surface area contributed by atoms with Crippen LogP contribution >= 0.6 is 0 Å². The first-order valence-corrected chi connectivity index (χ1v) is 6.33. The van der Waals surface area contributed by atoms with Gasteiger partial charge in [-0.2, -0.15) is 0 Å². The molecule has 0 N–H and O–H groups in total. The fourth-order valence-corrected chi connectivity index (χ4v) is 1.77. The van der Waals surface area contributed by atoms with Crippen LogP contribution in [0.15, 0.2) is 42.5 Å². The fourth-order valence-electron chi connectivity index (χ4n) is 1.77. The molecule has 0 fully saturated rings. The Morgan fingerprint density at radius 3 is 2.06 bits per heavy atom. The van der Waals surface area contributed by atoms with Crippen molar-refractivity contribution in [2.45, 2.75) is 26.8 Å². The Balaban J connectivity index is 0.000000686. The molecule has 1 nitrogen and oxygen atoms in total. The van der Waals surface area contributed by atoms with Crippen molar-refractivity contribution < 1.29 is 0 Å². The Hall–Kier alpha value is -1.34. The second-order valence-electron chi connectivity index (χ2n) is 4.25. The summed E-state index contributed by atoms with van der Waals surface area (Å²) in [6.45, 7) is 6.23. The molecule has 92 valence electrons. The minimum Gasteiger partial charge on any atom is -0.303 e.